The quantitative estimate of drug-likeness (QED) is 0.423. The van der Waals surface area contributed by atoms with Crippen LogP contribution in [-0.2, 0) is 11.3 Å². The van der Waals surface area contributed by atoms with Crippen LogP contribution >= 0.6 is 24.0 Å². The molecule has 2 N–H and O–H groups in total. The molecule has 0 atom stereocenters. The molecular formula is C16H27IN4O. The molecule has 0 aliphatic heterocycles. The summed E-state index contributed by atoms with van der Waals surface area (Å²) < 4.78 is 0. The average Bonchev–Trinajstić information content (AvgIpc) is 2.48. The Hall–Kier alpha value is -1.31. The normalized spacial score (nSPS) is 10.6. The fourth-order valence-corrected chi connectivity index (χ4v) is 1.91. The highest BCUT2D eigenvalue weighted by atomic mass is 127. The molecule has 1 aromatic carbocycles. The van der Waals surface area contributed by atoms with Gasteiger partial charge in [-0.1, -0.05) is 36.8 Å². The van der Waals surface area contributed by atoms with Crippen molar-refractivity contribution in [3.05, 3.63) is 35.4 Å². The van der Waals surface area contributed by atoms with Crippen molar-refractivity contribution in [3.8, 4) is 0 Å². The van der Waals surface area contributed by atoms with Crippen LogP contribution in [0.1, 0.15) is 24.5 Å². The smallest absolute Gasteiger partial charge is 0.239 e. The molecule has 5 nitrogen and oxygen atoms in total. The summed E-state index contributed by atoms with van der Waals surface area (Å²) in [5.41, 5.74) is 2.46. The standard InChI is InChI=1S/C16H26N4O.HI/c1-5-10-18-15(21)11-19-16(17-3)20(4)12-14-8-6-13(2)7-9-14;/h6-9H,5,10-12H2,1-4H3,(H,17,19)(H,18,21);1H. The molecule has 0 radical (unpaired) electrons. The van der Waals surface area contributed by atoms with Gasteiger partial charge in [0.25, 0.3) is 0 Å². The van der Waals surface area contributed by atoms with E-state index in [0.29, 0.717) is 12.5 Å². The highest BCUT2D eigenvalue weighted by Gasteiger charge is 2.08. The van der Waals surface area contributed by atoms with Crippen LogP contribution in [-0.4, -0.2) is 44.0 Å². The maximum atomic E-state index is 11.6. The summed E-state index contributed by atoms with van der Waals surface area (Å²) in [5.74, 6) is 0.698. The fraction of sp³-hybridized carbons (Fsp3) is 0.500. The summed E-state index contributed by atoms with van der Waals surface area (Å²) in [5, 5.41) is 5.91. The molecule has 0 fully saturated rings. The molecule has 1 rings (SSSR count). The number of carbonyl (C=O) groups is 1. The molecular weight excluding hydrogens is 391 g/mol. The lowest BCUT2D eigenvalue weighted by Gasteiger charge is -2.22. The Morgan fingerprint density at radius 3 is 2.41 bits per heavy atom. The molecule has 0 aromatic heterocycles. The maximum Gasteiger partial charge on any atom is 0.239 e. The van der Waals surface area contributed by atoms with Gasteiger partial charge in [0, 0.05) is 27.2 Å². The number of nitrogens with one attached hydrogen (secondary N) is 2. The van der Waals surface area contributed by atoms with Crippen molar-refractivity contribution in [3.63, 3.8) is 0 Å². The Balaban J connectivity index is 0.00000441. The van der Waals surface area contributed by atoms with Gasteiger partial charge in [0.15, 0.2) is 5.96 Å². The number of rotatable bonds is 6. The van der Waals surface area contributed by atoms with Crippen LogP contribution in [0.3, 0.4) is 0 Å². The average molecular weight is 418 g/mol. The highest BCUT2D eigenvalue weighted by Crippen LogP contribution is 2.05. The molecule has 0 saturated heterocycles. The number of aliphatic imine (C=N–C) groups is 1. The van der Waals surface area contributed by atoms with E-state index in [1.54, 1.807) is 7.05 Å². The summed E-state index contributed by atoms with van der Waals surface area (Å²) in [4.78, 5) is 17.8. The van der Waals surface area contributed by atoms with E-state index in [4.69, 9.17) is 0 Å². The number of guanidine groups is 1. The lowest BCUT2D eigenvalue weighted by molar-refractivity contribution is -0.120. The summed E-state index contributed by atoms with van der Waals surface area (Å²) in [7, 11) is 3.68. The lowest BCUT2D eigenvalue weighted by Crippen LogP contribution is -2.43. The topological polar surface area (TPSA) is 56.7 Å². The van der Waals surface area contributed by atoms with Gasteiger partial charge in [-0.25, -0.2) is 0 Å². The van der Waals surface area contributed by atoms with Crippen LogP contribution in [0, 0.1) is 6.92 Å². The van der Waals surface area contributed by atoms with Gasteiger partial charge in [0.1, 0.15) is 0 Å². The molecule has 1 aromatic rings. The number of carbonyl (C=O) groups excluding carboxylic acids is 1. The van der Waals surface area contributed by atoms with Crippen LogP contribution < -0.4 is 10.6 Å². The van der Waals surface area contributed by atoms with E-state index < -0.39 is 0 Å². The number of amides is 1. The summed E-state index contributed by atoms with van der Waals surface area (Å²) in [6.07, 6.45) is 0.938. The number of hydrogen-bond acceptors (Lipinski definition) is 2. The maximum absolute atomic E-state index is 11.6. The van der Waals surface area contributed by atoms with Gasteiger partial charge in [0.05, 0.1) is 6.54 Å². The monoisotopic (exact) mass is 418 g/mol. The van der Waals surface area contributed by atoms with Crippen molar-refractivity contribution < 1.29 is 4.79 Å². The number of halogens is 1. The van der Waals surface area contributed by atoms with E-state index in [1.807, 2.05) is 18.9 Å². The van der Waals surface area contributed by atoms with Crippen LogP contribution in [0.2, 0.25) is 0 Å². The highest BCUT2D eigenvalue weighted by molar-refractivity contribution is 14.0. The molecule has 22 heavy (non-hydrogen) atoms. The Labute approximate surface area is 150 Å². The number of nitrogens with zero attached hydrogens (tertiary/aromatic N) is 2. The second kappa shape index (κ2) is 11.3. The van der Waals surface area contributed by atoms with Crippen molar-refractivity contribution in [2.24, 2.45) is 4.99 Å². The Morgan fingerprint density at radius 1 is 1.23 bits per heavy atom. The molecule has 0 bridgehead atoms. The molecule has 0 aliphatic rings. The van der Waals surface area contributed by atoms with Gasteiger partial charge in [-0.2, -0.15) is 0 Å². The van der Waals surface area contributed by atoms with Crippen molar-refractivity contribution in [1.82, 2.24) is 15.5 Å². The minimum Gasteiger partial charge on any atom is -0.355 e. The van der Waals surface area contributed by atoms with E-state index in [9.17, 15) is 4.79 Å². The number of benzene rings is 1. The van der Waals surface area contributed by atoms with Crippen molar-refractivity contribution in [2.75, 3.05) is 27.2 Å². The number of aryl methyl sites for hydroxylation is 1. The van der Waals surface area contributed by atoms with E-state index >= 15 is 0 Å². The summed E-state index contributed by atoms with van der Waals surface area (Å²) >= 11 is 0. The van der Waals surface area contributed by atoms with Crippen molar-refractivity contribution in [2.45, 2.75) is 26.8 Å². The zero-order valence-corrected chi connectivity index (χ0v) is 16.2. The SMILES string of the molecule is CCCNC(=O)CNC(=NC)N(C)Cc1ccc(C)cc1.I. The van der Waals surface area contributed by atoms with Crippen LogP contribution in [0.4, 0.5) is 0 Å². The molecule has 124 valence electrons. The van der Waals surface area contributed by atoms with Gasteiger partial charge in [-0.15, -0.1) is 24.0 Å². The van der Waals surface area contributed by atoms with Crippen molar-refractivity contribution >= 4 is 35.8 Å². The first-order valence-corrected chi connectivity index (χ1v) is 7.30. The molecule has 0 aliphatic carbocycles. The van der Waals surface area contributed by atoms with Gasteiger partial charge in [-0.05, 0) is 18.9 Å². The zero-order valence-electron chi connectivity index (χ0n) is 13.8. The first-order chi connectivity index (χ1) is 10.1. The Bertz CT molecular complexity index is 474. The molecule has 0 unspecified atom stereocenters. The van der Waals surface area contributed by atoms with Crippen LogP contribution in [0.15, 0.2) is 29.3 Å². The predicted molar refractivity (Wildman–Crippen MR) is 103 cm³/mol. The minimum atomic E-state index is -0.0123. The van der Waals surface area contributed by atoms with E-state index in [-0.39, 0.29) is 36.4 Å². The Morgan fingerprint density at radius 2 is 1.86 bits per heavy atom. The molecule has 6 heteroatoms. The summed E-state index contributed by atoms with van der Waals surface area (Å²) in [6, 6.07) is 8.40. The predicted octanol–water partition coefficient (Wildman–Crippen LogP) is 2.15. The third-order valence-corrected chi connectivity index (χ3v) is 3.09. The number of hydrogen-bond donors (Lipinski definition) is 2. The molecule has 0 saturated carbocycles. The Kier molecular flexibility index (Phi) is 10.6. The first kappa shape index (κ1) is 20.7. The summed E-state index contributed by atoms with van der Waals surface area (Å²) in [6.45, 7) is 5.80. The molecule has 1 amide bonds. The fourth-order valence-electron chi connectivity index (χ4n) is 1.91. The van der Waals surface area contributed by atoms with Gasteiger partial charge < -0.3 is 15.5 Å². The van der Waals surface area contributed by atoms with Crippen molar-refractivity contribution in [1.29, 1.82) is 0 Å². The lowest BCUT2D eigenvalue weighted by atomic mass is 10.1. The second-order valence-electron chi connectivity index (χ2n) is 5.09. The molecule has 0 heterocycles. The van der Waals surface area contributed by atoms with Crippen LogP contribution in [0.25, 0.3) is 0 Å². The zero-order chi connectivity index (χ0) is 15.7. The largest absolute Gasteiger partial charge is 0.355 e. The minimum absolute atomic E-state index is 0. The third kappa shape index (κ3) is 7.63. The third-order valence-electron chi connectivity index (χ3n) is 3.09. The van der Waals surface area contributed by atoms with Crippen LogP contribution in [0.5, 0.6) is 0 Å². The van der Waals surface area contributed by atoms with E-state index in [0.717, 1.165) is 13.0 Å². The first-order valence-electron chi connectivity index (χ1n) is 7.30. The second-order valence-corrected chi connectivity index (χ2v) is 5.09. The van der Waals surface area contributed by atoms with Gasteiger partial charge >= 0.3 is 0 Å². The van der Waals surface area contributed by atoms with E-state index in [1.165, 1.54) is 11.1 Å². The van der Waals surface area contributed by atoms with E-state index in [2.05, 4.69) is 46.8 Å². The van der Waals surface area contributed by atoms with Gasteiger partial charge in [0.2, 0.25) is 5.91 Å². The van der Waals surface area contributed by atoms with Gasteiger partial charge in [-0.3, -0.25) is 9.79 Å². The molecule has 0 spiro atoms.